The van der Waals surface area contributed by atoms with Crippen LogP contribution in [-0.2, 0) is 0 Å². The lowest BCUT2D eigenvalue weighted by molar-refractivity contribution is 0.322. The Morgan fingerprint density at radius 3 is 2.50 bits per heavy atom. The van der Waals surface area contributed by atoms with Crippen molar-refractivity contribution in [3.8, 4) is 0 Å². The Kier molecular flexibility index (Phi) is 1.53. The van der Waals surface area contributed by atoms with Gasteiger partial charge in [-0.25, -0.2) is 0 Å². The summed E-state index contributed by atoms with van der Waals surface area (Å²) in [4.78, 5) is 0. The van der Waals surface area contributed by atoms with Crippen molar-refractivity contribution in [1.29, 1.82) is 0 Å². The van der Waals surface area contributed by atoms with Gasteiger partial charge in [-0.15, -0.1) is 0 Å². The fourth-order valence-electron chi connectivity index (χ4n) is 0.536. The van der Waals surface area contributed by atoms with Gasteiger partial charge in [-0.3, -0.25) is 0 Å². The number of allylic oxidation sites excluding steroid dienone is 1. The highest BCUT2D eigenvalue weighted by atomic mass is 16.3. The molecule has 0 amide bonds. The number of hydrogen-bond donors (Lipinski definition) is 4. The Hall–Kier alpha value is -1.58. The number of hydrogen-bond acceptors (Lipinski definition) is 4. The Morgan fingerprint density at radius 2 is 1.80 bits per heavy atom. The predicted octanol–water partition coefficient (Wildman–Crippen LogP) is 0.943. The lowest BCUT2D eigenvalue weighted by atomic mass is 10.4. The minimum absolute atomic E-state index is 0. The second-order valence-corrected chi connectivity index (χ2v) is 1.80. The van der Waals surface area contributed by atoms with Gasteiger partial charge in [0.15, 0.2) is 11.5 Å². The topological polar surface area (TPSA) is 72.7 Å². The summed E-state index contributed by atoms with van der Waals surface area (Å²) in [6, 6.07) is 0. The molecule has 0 bridgehead atoms. The molecule has 4 nitrogen and oxygen atoms in total. The first-order valence-corrected chi connectivity index (χ1v) is 2.65. The van der Waals surface area contributed by atoms with Crippen molar-refractivity contribution in [3.63, 3.8) is 0 Å². The summed E-state index contributed by atoms with van der Waals surface area (Å²) in [5.41, 5.74) is 0. The maximum Gasteiger partial charge on any atom is 1.00 e. The molecule has 0 aromatic rings. The van der Waals surface area contributed by atoms with E-state index < -0.39 is 0 Å². The van der Waals surface area contributed by atoms with Gasteiger partial charge in [0.25, 0.3) is 0 Å². The van der Waals surface area contributed by atoms with E-state index in [2.05, 4.69) is 5.32 Å². The standard InChI is InChI=1S/C6H7NO3/c8-4-1-5(9)6(10)3-7-2-4/h1-3,7-10H/p+1. The van der Waals surface area contributed by atoms with Crippen LogP contribution in [0.2, 0.25) is 0 Å². The fourth-order valence-corrected chi connectivity index (χ4v) is 0.536. The monoisotopic (exact) mass is 142 g/mol. The van der Waals surface area contributed by atoms with Gasteiger partial charge in [0.2, 0.25) is 0 Å². The van der Waals surface area contributed by atoms with E-state index in [0.29, 0.717) is 0 Å². The Bertz CT molecular complexity index is 232. The molecule has 0 radical (unpaired) electrons. The van der Waals surface area contributed by atoms with E-state index in [1.54, 1.807) is 0 Å². The summed E-state index contributed by atoms with van der Waals surface area (Å²) >= 11 is 0. The maximum absolute atomic E-state index is 8.83. The molecule has 1 rings (SSSR count). The molecule has 4 heteroatoms. The molecular weight excluding hydrogens is 134 g/mol. The molecule has 54 valence electrons. The van der Waals surface area contributed by atoms with Crippen LogP contribution in [0.3, 0.4) is 0 Å². The summed E-state index contributed by atoms with van der Waals surface area (Å²) < 4.78 is 0. The van der Waals surface area contributed by atoms with Gasteiger partial charge >= 0.3 is 1.43 Å². The van der Waals surface area contributed by atoms with Crippen LogP contribution in [0.1, 0.15) is 1.43 Å². The van der Waals surface area contributed by atoms with Crippen molar-refractivity contribution in [3.05, 3.63) is 35.8 Å². The molecule has 0 aromatic heterocycles. The van der Waals surface area contributed by atoms with Gasteiger partial charge < -0.3 is 20.6 Å². The Balaban J connectivity index is 0.000001000. The van der Waals surface area contributed by atoms with Crippen molar-refractivity contribution in [2.45, 2.75) is 0 Å². The molecule has 0 fully saturated rings. The van der Waals surface area contributed by atoms with Crippen LogP contribution < -0.4 is 5.32 Å². The number of aliphatic hydroxyl groups excluding tert-OH is 3. The number of nitrogens with one attached hydrogen (secondary N) is 1. The third-order valence-electron chi connectivity index (χ3n) is 0.998. The molecule has 0 aromatic carbocycles. The smallest absolute Gasteiger partial charge is 0.506 e. The number of aliphatic hydroxyl groups is 3. The molecule has 1 aliphatic rings. The molecule has 1 aliphatic heterocycles. The van der Waals surface area contributed by atoms with Crippen molar-refractivity contribution < 1.29 is 16.7 Å². The Labute approximate surface area is 58.9 Å². The van der Waals surface area contributed by atoms with Crippen LogP contribution in [0.4, 0.5) is 0 Å². The molecule has 0 saturated heterocycles. The van der Waals surface area contributed by atoms with E-state index in [-0.39, 0.29) is 18.7 Å². The van der Waals surface area contributed by atoms with Crippen LogP contribution in [0.15, 0.2) is 35.8 Å². The summed E-state index contributed by atoms with van der Waals surface area (Å²) in [6.07, 6.45) is 3.43. The first-order valence-electron chi connectivity index (χ1n) is 2.65. The van der Waals surface area contributed by atoms with Crippen LogP contribution in [0.5, 0.6) is 0 Å². The molecule has 0 saturated carbocycles. The van der Waals surface area contributed by atoms with Crippen LogP contribution in [0, 0.1) is 0 Å². The van der Waals surface area contributed by atoms with Crippen molar-refractivity contribution in [2.24, 2.45) is 0 Å². The quantitative estimate of drug-likeness (QED) is 0.406. The zero-order chi connectivity index (χ0) is 7.56. The highest BCUT2D eigenvalue weighted by Crippen LogP contribution is 2.06. The highest BCUT2D eigenvalue weighted by Gasteiger charge is 2.03. The van der Waals surface area contributed by atoms with E-state index in [9.17, 15) is 0 Å². The predicted molar refractivity (Wildman–Crippen MR) is 36.4 cm³/mol. The molecule has 1 heterocycles. The van der Waals surface area contributed by atoms with E-state index in [0.717, 1.165) is 12.3 Å². The summed E-state index contributed by atoms with van der Waals surface area (Å²) in [5.74, 6) is -0.808. The molecule has 10 heavy (non-hydrogen) atoms. The van der Waals surface area contributed by atoms with Gasteiger partial charge in [-0.2, -0.15) is 0 Å². The second kappa shape index (κ2) is 2.34. The molecule has 0 spiro atoms. The first-order chi connectivity index (χ1) is 4.70. The van der Waals surface area contributed by atoms with Crippen molar-refractivity contribution >= 4 is 0 Å². The van der Waals surface area contributed by atoms with Gasteiger partial charge in [0.05, 0.1) is 0 Å². The lowest BCUT2D eigenvalue weighted by Gasteiger charge is -1.93. The minimum atomic E-state index is -0.362. The Morgan fingerprint density at radius 1 is 1.10 bits per heavy atom. The van der Waals surface area contributed by atoms with Crippen LogP contribution >= 0.6 is 0 Å². The largest absolute Gasteiger partial charge is 1.00 e. The van der Waals surface area contributed by atoms with Crippen molar-refractivity contribution in [2.75, 3.05) is 0 Å². The first kappa shape index (κ1) is 6.54. The van der Waals surface area contributed by atoms with E-state index in [1.165, 1.54) is 6.20 Å². The number of rotatable bonds is 0. The molecule has 4 N–H and O–H groups in total. The molecule has 0 unspecified atom stereocenters. The highest BCUT2D eigenvalue weighted by molar-refractivity contribution is 5.27. The van der Waals surface area contributed by atoms with Gasteiger partial charge in [-0.1, -0.05) is 0 Å². The lowest BCUT2D eigenvalue weighted by Crippen LogP contribution is -1.94. The average Bonchev–Trinajstić information content (AvgIpc) is 1.96. The third kappa shape index (κ3) is 1.22. The molecule has 0 atom stereocenters. The second-order valence-electron chi connectivity index (χ2n) is 1.80. The van der Waals surface area contributed by atoms with E-state index >= 15 is 0 Å². The molecule has 0 aliphatic carbocycles. The summed E-state index contributed by atoms with van der Waals surface area (Å²) in [5, 5.41) is 28.9. The van der Waals surface area contributed by atoms with Crippen LogP contribution in [-0.4, -0.2) is 15.3 Å². The fraction of sp³-hybridized carbons (Fsp3) is 0. The third-order valence-corrected chi connectivity index (χ3v) is 0.998. The summed E-state index contributed by atoms with van der Waals surface area (Å²) in [7, 11) is 0. The van der Waals surface area contributed by atoms with E-state index in [1.807, 2.05) is 0 Å². The summed E-state index contributed by atoms with van der Waals surface area (Å²) in [6.45, 7) is 0. The average molecular weight is 142 g/mol. The normalized spacial score (nSPS) is 17.8. The van der Waals surface area contributed by atoms with E-state index in [4.69, 9.17) is 15.3 Å². The van der Waals surface area contributed by atoms with Crippen molar-refractivity contribution in [1.82, 2.24) is 5.32 Å². The zero-order valence-corrected chi connectivity index (χ0v) is 5.07. The van der Waals surface area contributed by atoms with Crippen LogP contribution in [0.25, 0.3) is 0 Å². The van der Waals surface area contributed by atoms with Gasteiger partial charge in [-0.05, 0) is 0 Å². The minimum Gasteiger partial charge on any atom is -0.506 e. The molecular formula is C6H8NO3+. The SMILES string of the molecule is OC1=CNC=C(O)C(O)=C1.[H+]. The zero-order valence-electron chi connectivity index (χ0n) is 6.07. The van der Waals surface area contributed by atoms with Gasteiger partial charge in [0, 0.05) is 18.5 Å². The van der Waals surface area contributed by atoms with Gasteiger partial charge in [0.1, 0.15) is 5.76 Å². The maximum atomic E-state index is 8.83.